The maximum atomic E-state index is 9.75. The second-order valence-corrected chi connectivity index (χ2v) is 4.43. The molecule has 0 aromatic heterocycles. The van der Waals surface area contributed by atoms with Gasteiger partial charge in [-0.05, 0) is 24.3 Å². The molecule has 8 heteroatoms. The van der Waals surface area contributed by atoms with Crippen LogP contribution in [0.3, 0.4) is 0 Å². The van der Waals surface area contributed by atoms with E-state index < -0.39 is 7.25 Å². The van der Waals surface area contributed by atoms with Gasteiger partial charge in [0.15, 0.2) is 0 Å². The number of halogens is 6. The molecular formula is C12H8BCl2F4N. The van der Waals surface area contributed by atoms with Crippen molar-refractivity contribution >= 4 is 41.8 Å². The van der Waals surface area contributed by atoms with Crippen molar-refractivity contribution in [2.45, 2.75) is 0 Å². The third-order valence-corrected chi connectivity index (χ3v) is 2.42. The van der Waals surface area contributed by atoms with E-state index in [1.165, 1.54) is 0 Å². The van der Waals surface area contributed by atoms with Crippen LogP contribution in [-0.2, 0) is 0 Å². The molecule has 0 heterocycles. The van der Waals surface area contributed by atoms with Crippen molar-refractivity contribution < 1.29 is 17.3 Å². The summed E-state index contributed by atoms with van der Waals surface area (Å²) in [6, 6.07) is 14.8. The van der Waals surface area contributed by atoms with Crippen LogP contribution in [0.15, 0.2) is 48.5 Å². The van der Waals surface area contributed by atoms with Crippen molar-refractivity contribution in [2.24, 2.45) is 0 Å². The highest BCUT2D eigenvalue weighted by Gasteiger charge is 2.20. The van der Waals surface area contributed by atoms with Crippen LogP contribution >= 0.6 is 23.2 Å². The zero-order valence-electron chi connectivity index (χ0n) is 9.91. The standard InChI is InChI=1S/C12H8Cl2N.BF4/c13-9-1-5-11(6-2-9)15-12-7-3-10(14)4-8-12;2-1(3,4)5/h1-8H;/q+1;-1. The van der Waals surface area contributed by atoms with E-state index in [1.54, 1.807) is 0 Å². The summed E-state index contributed by atoms with van der Waals surface area (Å²) in [5.74, 6) is 0. The smallest absolute Gasteiger partial charge is 0.418 e. The predicted molar refractivity (Wildman–Crippen MR) is 74.5 cm³/mol. The summed E-state index contributed by atoms with van der Waals surface area (Å²) in [5.41, 5.74) is 1.75. The molecule has 2 radical (unpaired) electrons. The van der Waals surface area contributed by atoms with E-state index in [0.29, 0.717) is 10.0 Å². The van der Waals surface area contributed by atoms with Crippen LogP contribution in [0.1, 0.15) is 0 Å². The fourth-order valence-corrected chi connectivity index (χ4v) is 1.43. The van der Waals surface area contributed by atoms with Crippen LogP contribution in [0.5, 0.6) is 0 Å². The van der Waals surface area contributed by atoms with Crippen molar-refractivity contribution in [3.8, 4) is 0 Å². The molecule has 0 aliphatic carbocycles. The minimum absolute atomic E-state index is 0.713. The average Bonchev–Trinajstić information content (AvgIpc) is 2.33. The normalized spacial score (nSPS) is 10.7. The second-order valence-electron chi connectivity index (χ2n) is 3.56. The Morgan fingerprint density at radius 1 is 0.650 bits per heavy atom. The van der Waals surface area contributed by atoms with E-state index in [9.17, 15) is 17.3 Å². The molecule has 0 aliphatic rings. The molecule has 0 amide bonds. The molecule has 0 bridgehead atoms. The molecule has 0 unspecified atom stereocenters. The van der Waals surface area contributed by atoms with Crippen LogP contribution in [0, 0.1) is 0 Å². The molecular weight excluding hydrogens is 316 g/mol. The first-order valence-electron chi connectivity index (χ1n) is 5.34. The maximum absolute atomic E-state index is 9.75. The van der Waals surface area contributed by atoms with Crippen molar-refractivity contribution in [1.82, 2.24) is 5.32 Å². The van der Waals surface area contributed by atoms with Crippen LogP contribution in [0.25, 0.3) is 0 Å². The second kappa shape index (κ2) is 7.52. The molecule has 2 aromatic carbocycles. The quantitative estimate of drug-likeness (QED) is 0.485. The lowest BCUT2D eigenvalue weighted by Crippen LogP contribution is -2.02. The van der Waals surface area contributed by atoms with Gasteiger partial charge in [0, 0.05) is 34.3 Å². The first-order valence-corrected chi connectivity index (χ1v) is 6.10. The van der Waals surface area contributed by atoms with Crippen molar-refractivity contribution in [3.05, 3.63) is 58.6 Å². The highest BCUT2D eigenvalue weighted by Crippen LogP contribution is 2.20. The molecule has 0 N–H and O–H groups in total. The molecule has 0 spiro atoms. The van der Waals surface area contributed by atoms with Crippen LogP contribution < -0.4 is 5.32 Å². The Hall–Kier alpha value is -1.24. The Balaban J connectivity index is 0.000000347. The number of hydrogen-bond donors (Lipinski definition) is 0. The highest BCUT2D eigenvalue weighted by molar-refractivity contribution is 6.50. The molecule has 0 aliphatic heterocycles. The zero-order valence-corrected chi connectivity index (χ0v) is 11.4. The van der Waals surface area contributed by atoms with E-state index in [4.69, 9.17) is 23.2 Å². The van der Waals surface area contributed by atoms with Gasteiger partial charge in [0.05, 0.1) is 0 Å². The monoisotopic (exact) mass is 323 g/mol. The lowest BCUT2D eigenvalue weighted by atomic mass is 10.3. The fraction of sp³-hybridized carbons (Fsp3) is 0. The summed E-state index contributed by atoms with van der Waals surface area (Å²) in [6.07, 6.45) is 0. The maximum Gasteiger partial charge on any atom is 0.673 e. The molecule has 2 aromatic rings. The molecule has 0 saturated heterocycles. The van der Waals surface area contributed by atoms with Crippen molar-refractivity contribution in [2.75, 3.05) is 0 Å². The summed E-state index contributed by atoms with van der Waals surface area (Å²) in [5, 5.41) is 5.83. The minimum atomic E-state index is -6.00. The highest BCUT2D eigenvalue weighted by atomic mass is 35.5. The van der Waals surface area contributed by atoms with E-state index in [-0.39, 0.29) is 0 Å². The number of benzene rings is 2. The Labute approximate surface area is 123 Å². The lowest BCUT2D eigenvalue weighted by Gasteiger charge is -1.94. The summed E-state index contributed by atoms with van der Waals surface area (Å²) < 4.78 is 39.0. The summed E-state index contributed by atoms with van der Waals surface area (Å²) in [4.78, 5) is 0. The van der Waals surface area contributed by atoms with Gasteiger partial charge in [-0.1, -0.05) is 23.2 Å². The Morgan fingerprint density at radius 2 is 0.900 bits per heavy atom. The minimum Gasteiger partial charge on any atom is -0.418 e. The first-order chi connectivity index (χ1) is 9.24. The summed E-state index contributed by atoms with van der Waals surface area (Å²) in [7, 11) is -6.00. The van der Waals surface area contributed by atoms with E-state index in [2.05, 4.69) is 5.32 Å². The molecule has 106 valence electrons. The van der Waals surface area contributed by atoms with Gasteiger partial charge in [-0.15, -0.1) is 0 Å². The van der Waals surface area contributed by atoms with Gasteiger partial charge in [-0.2, -0.15) is 0 Å². The van der Waals surface area contributed by atoms with Gasteiger partial charge in [-0.3, -0.25) is 0 Å². The lowest BCUT2D eigenvalue weighted by molar-refractivity contribution is 0.368. The number of hydrogen-bond acceptors (Lipinski definition) is 0. The Morgan fingerprint density at radius 3 is 1.15 bits per heavy atom. The molecule has 0 fully saturated rings. The summed E-state index contributed by atoms with van der Waals surface area (Å²) in [6.45, 7) is 0. The topological polar surface area (TPSA) is 14.1 Å². The van der Waals surface area contributed by atoms with Crippen molar-refractivity contribution in [1.29, 1.82) is 0 Å². The van der Waals surface area contributed by atoms with Gasteiger partial charge in [-0.25, -0.2) is 0 Å². The predicted octanol–water partition coefficient (Wildman–Crippen LogP) is 5.86. The van der Waals surface area contributed by atoms with Gasteiger partial charge < -0.3 is 17.3 Å². The molecule has 2 rings (SSSR count). The van der Waals surface area contributed by atoms with Gasteiger partial charge in [0.25, 0.3) is 11.4 Å². The number of rotatable bonds is 2. The third kappa shape index (κ3) is 8.04. The van der Waals surface area contributed by atoms with E-state index in [0.717, 1.165) is 11.4 Å². The fourth-order valence-electron chi connectivity index (χ4n) is 1.18. The zero-order chi connectivity index (χ0) is 15.2. The van der Waals surface area contributed by atoms with E-state index >= 15 is 0 Å². The average molecular weight is 324 g/mol. The largest absolute Gasteiger partial charge is 0.673 e. The Bertz CT molecular complexity index is 479. The Kier molecular flexibility index (Phi) is 6.32. The third-order valence-electron chi connectivity index (χ3n) is 1.91. The van der Waals surface area contributed by atoms with Gasteiger partial charge in [0.2, 0.25) is 0 Å². The van der Waals surface area contributed by atoms with Crippen LogP contribution in [0.4, 0.5) is 28.6 Å². The van der Waals surface area contributed by atoms with Crippen LogP contribution in [0.2, 0.25) is 10.0 Å². The van der Waals surface area contributed by atoms with Crippen molar-refractivity contribution in [3.63, 3.8) is 0 Å². The molecule has 20 heavy (non-hydrogen) atoms. The molecule has 0 atom stereocenters. The van der Waals surface area contributed by atoms with E-state index in [1.807, 2.05) is 48.5 Å². The first kappa shape index (κ1) is 16.8. The molecule has 1 nitrogen and oxygen atoms in total. The number of nitrogens with zero attached hydrogens (tertiary/aromatic N) is 1. The molecule has 0 saturated carbocycles. The summed E-state index contributed by atoms with van der Waals surface area (Å²) >= 11 is 11.6. The SMILES string of the molecule is Clc1ccc([N+]c2ccc(Cl)cc2)cc1.F[B-](F)(F)F. The van der Waals surface area contributed by atoms with Crippen LogP contribution in [-0.4, -0.2) is 7.25 Å². The van der Waals surface area contributed by atoms with Gasteiger partial charge >= 0.3 is 7.25 Å². The van der Waals surface area contributed by atoms with Gasteiger partial charge in [0.1, 0.15) is 5.32 Å².